The number of carbonyl (C=O) groups is 2. The van der Waals surface area contributed by atoms with Gasteiger partial charge in [0.25, 0.3) is 0 Å². The van der Waals surface area contributed by atoms with Crippen molar-refractivity contribution in [1.82, 2.24) is 14.9 Å². The van der Waals surface area contributed by atoms with Gasteiger partial charge in [0, 0.05) is 18.9 Å². The minimum absolute atomic E-state index is 0.0560. The van der Waals surface area contributed by atoms with Crippen LogP contribution in [0.5, 0.6) is 0 Å². The van der Waals surface area contributed by atoms with E-state index in [0.29, 0.717) is 13.2 Å². The molecule has 2 rings (SSSR count). The van der Waals surface area contributed by atoms with Crippen LogP contribution in [-0.2, 0) is 9.47 Å². The van der Waals surface area contributed by atoms with E-state index in [0.717, 1.165) is 12.8 Å². The van der Waals surface area contributed by atoms with E-state index >= 15 is 0 Å². The summed E-state index contributed by atoms with van der Waals surface area (Å²) in [6.07, 6.45) is 5.81. The molecule has 7 nitrogen and oxygen atoms in total. The Bertz CT molecular complexity index is 542. The molecule has 0 radical (unpaired) electrons. The number of likely N-dealkylation sites (tertiary alicyclic amines) is 1. The minimum atomic E-state index is -0.521. The zero-order valence-electron chi connectivity index (χ0n) is 13.8. The maximum absolute atomic E-state index is 12.2. The molecule has 1 aliphatic rings. The van der Waals surface area contributed by atoms with Crippen LogP contribution in [0, 0.1) is 0 Å². The zero-order valence-corrected chi connectivity index (χ0v) is 13.8. The summed E-state index contributed by atoms with van der Waals surface area (Å²) >= 11 is 0. The molecule has 1 fully saturated rings. The average Bonchev–Trinajstić information content (AvgIpc) is 2.95. The van der Waals surface area contributed by atoms with Gasteiger partial charge in [-0.05, 0) is 33.6 Å². The normalized spacial score (nSPS) is 18.0. The van der Waals surface area contributed by atoms with Crippen molar-refractivity contribution in [3.05, 3.63) is 24.3 Å². The highest BCUT2D eigenvalue weighted by Crippen LogP contribution is 2.21. The molecule has 1 aromatic rings. The Morgan fingerprint density at radius 1 is 1.35 bits per heavy atom. The molecule has 1 saturated heterocycles. The van der Waals surface area contributed by atoms with Crippen molar-refractivity contribution in [1.29, 1.82) is 0 Å². The van der Waals surface area contributed by atoms with Gasteiger partial charge in [-0.3, -0.25) is 9.78 Å². The summed E-state index contributed by atoms with van der Waals surface area (Å²) in [4.78, 5) is 33.5. The van der Waals surface area contributed by atoms with E-state index in [9.17, 15) is 9.59 Å². The summed E-state index contributed by atoms with van der Waals surface area (Å²) in [7, 11) is 0. The molecular weight excluding hydrogens is 298 g/mol. The highest BCUT2D eigenvalue weighted by atomic mass is 16.6. The van der Waals surface area contributed by atoms with E-state index in [1.807, 2.05) is 20.8 Å². The fourth-order valence-corrected chi connectivity index (χ4v) is 2.37. The van der Waals surface area contributed by atoms with Crippen molar-refractivity contribution in [2.24, 2.45) is 0 Å². The summed E-state index contributed by atoms with van der Waals surface area (Å²) in [6.45, 7) is 6.41. The number of ether oxygens (including phenoxy) is 2. The Morgan fingerprint density at radius 2 is 2.13 bits per heavy atom. The first-order valence-electron chi connectivity index (χ1n) is 7.73. The second-order valence-corrected chi connectivity index (χ2v) is 6.50. The fraction of sp³-hybridized carbons (Fsp3) is 0.625. The lowest BCUT2D eigenvalue weighted by atomic mass is 10.2. The van der Waals surface area contributed by atoms with Crippen molar-refractivity contribution < 1.29 is 19.1 Å². The molecule has 1 aliphatic heterocycles. The van der Waals surface area contributed by atoms with Crippen LogP contribution in [0.2, 0.25) is 0 Å². The predicted molar refractivity (Wildman–Crippen MR) is 83.1 cm³/mol. The predicted octanol–water partition coefficient (Wildman–Crippen LogP) is 2.08. The molecule has 0 aliphatic carbocycles. The maximum Gasteiger partial charge on any atom is 0.410 e. The SMILES string of the molecule is CC(C)(C)OC(=O)N1CCCC1COCC(=O)c1cnccn1. The Labute approximate surface area is 136 Å². The lowest BCUT2D eigenvalue weighted by molar-refractivity contribution is 0.0115. The lowest BCUT2D eigenvalue weighted by Gasteiger charge is -2.28. The van der Waals surface area contributed by atoms with Crippen LogP contribution in [0.25, 0.3) is 0 Å². The number of hydrogen-bond donors (Lipinski definition) is 0. The van der Waals surface area contributed by atoms with Gasteiger partial charge >= 0.3 is 6.09 Å². The summed E-state index contributed by atoms with van der Waals surface area (Å²) in [5, 5.41) is 0. The lowest BCUT2D eigenvalue weighted by Crippen LogP contribution is -2.41. The van der Waals surface area contributed by atoms with E-state index in [1.54, 1.807) is 4.90 Å². The molecule has 1 unspecified atom stereocenters. The minimum Gasteiger partial charge on any atom is -0.444 e. The highest BCUT2D eigenvalue weighted by Gasteiger charge is 2.32. The van der Waals surface area contributed by atoms with Gasteiger partial charge in [0.1, 0.15) is 17.9 Å². The van der Waals surface area contributed by atoms with Gasteiger partial charge in [-0.25, -0.2) is 9.78 Å². The second kappa shape index (κ2) is 7.50. The third kappa shape index (κ3) is 5.28. The molecule has 0 N–H and O–H groups in total. The highest BCUT2D eigenvalue weighted by molar-refractivity contribution is 5.94. The Morgan fingerprint density at radius 3 is 2.78 bits per heavy atom. The van der Waals surface area contributed by atoms with Gasteiger partial charge in [-0.15, -0.1) is 0 Å². The van der Waals surface area contributed by atoms with Crippen LogP contribution in [0.4, 0.5) is 4.79 Å². The van der Waals surface area contributed by atoms with E-state index in [2.05, 4.69) is 9.97 Å². The van der Waals surface area contributed by atoms with Gasteiger partial charge in [0.15, 0.2) is 0 Å². The Kier molecular flexibility index (Phi) is 5.65. The van der Waals surface area contributed by atoms with Gasteiger partial charge in [0.2, 0.25) is 5.78 Å². The molecule has 126 valence electrons. The van der Waals surface area contributed by atoms with Gasteiger partial charge < -0.3 is 14.4 Å². The number of Topliss-reactive ketones (excluding diaryl/α,β-unsaturated/α-hetero) is 1. The largest absolute Gasteiger partial charge is 0.444 e. The van der Waals surface area contributed by atoms with Crippen molar-refractivity contribution in [3.63, 3.8) is 0 Å². The van der Waals surface area contributed by atoms with Crippen LogP contribution in [-0.4, -0.2) is 58.1 Å². The van der Waals surface area contributed by atoms with Crippen molar-refractivity contribution >= 4 is 11.9 Å². The summed E-state index contributed by atoms with van der Waals surface area (Å²) in [5.74, 6) is -0.222. The molecule has 0 saturated carbocycles. The number of amides is 1. The molecule has 1 atom stereocenters. The molecule has 7 heteroatoms. The third-order valence-corrected chi connectivity index (χ3v) is 3.40. The molecule has 2 heterocycles. The Balaban J connectivity index is 1.80. The number of aromatic nitrogens is 2. The standard InChI is InChI=1S/C16H23N3O4/c1-16(2,3)23-15(21)19-8-4-5-12(19)10-22-11-14(20)13-9-17-6-7-18-13/h6-7,9,12H,4-5,8,10-11H2,1-3H3. The number of hydrogen-bond acceptors (Lipinski definition) is 6. The fourth-order valence-electron chi connectivity index (χ4n) is 2.37. The van der Waals surface area contributed by atoms with Crippen LogP contribution >= 0.6 is 0 Å². The first-order chi connectivity index (χ1) is 10.9. The third-order valence-electron chi connectivity index (χ3n) is 3.40. The number of nitrogens with zero attached hydrogens (tertiary/aromatic N) is 3. The van der Waals surface area contributed by atoms with Crippen LogP contribution in [0.3, 0.4) is 0 Å². The first-order valence-corrected chi connectivity index (χ1v) is 7.73. The summed E-state index contributed by atoms with van der Waals surface area (Å²) < 4.78 is 10.9. The Hall–Kier alpha value is -2.02. The van der Waals surface area contributed by atoms with Gasteiger partial charge in [0.05, 0.1) is 18.8 Å². The van der Waals surface area contributed by atoms with Crippen molar-refractivity contribution in [3.8, 4) is 0 Å². The smallest absolute Gasteiger partial charge is 0.410 e. The van der Waals surface area contributed by atoms with E-state index in [-0.39, 0.29) is 30.2 Å². The van der Waals surface area contributed by atoms with E-state index in [1.165, 1.54) is 18.6 Å². The summed E-state index contributed by atoms with van der Waals surface area (Å²) in [6, 6.07) is -0.0560. The monoisotopic (exact) mass is 321 g/mol. The molecule has 1 amide bonds. The van der Waals surface area contributed by atoms with E-state index < -0.39 is 5.60 Å². The molecule has 0 spiro atoms. The average molecular weight is 321 g/mol. The van der Waals surface area contributed by atoms with Crippen molar-refractivity contribution in [2.45, 2.75) is 45.3 Å². The van der Waals surface area contributed by atoms with Crippen LogP contribution < -0.4 is 0 Å². The molecule has 0 aromatic carbocycles. The zero-order chi connectivity index (χ0) is 16.9. The molecule has 0 bridgehead atoms. The topological polar surface area (TPSA) is 81.6 Å². The van der Waals surface area contributed by atoms with E-state index in [4.69, 9.17) is 9.47 Å². The van der Waals surface area contributed by atoms with Gasteiger partial charge in [-0.2, -0.15) is 0 Å². The quantitative estimate of drug-likeness (QED) is 0.772. The van der Waals surface area contributed by atoms with Crippen LogP contribution in [0.15, 0.2) is 18.6 Å². The number of carbonyl (C=O) groups excluding carboxylic acids is 2. The second-order valence-electron chi connectivity index (χ2n) is 6.50. The number of ketones is 1. The van der Waals surface area contributed by atoms with Crippen LogP contribution in [0.1, 0.15) is 44.1 Å². The van der Waals surface area contributed by atoms with Crippen molar-refractivity contribution in [2.75, 3.05) is 19.8 Å². The molecule has 23 heavy (non-hydrogen) atoms. The summed E-state index contributed by atoms with van der Waals surface area (Å²) in [5.41, 5.74) is -0.240. The maximum atomic E-state index is 12.2. The van der Waals surface area contributed by atoms with Gasteiger partial charge in [-0.1, -0.05) is 0 Å². The molecule has 1 aromatic heterocycles. The molecular formula is C16H23N3O4. The number of rotatable bonds is 5. The first kappa shape index (κ1) is 17.3.